The smallest absolute Gasteiger partial charge is 0.303 e. The zero-order valence-corrected chi connectivity index (χ0v) is 16.0. The number of carboxylic acids is 1. The van der Waals surface area contributed by atoms with E-state index in [1.54, 1.807) is 6.92 Å². The van der Waals surface area contributed by atoms with Crippen molar-refractivity contribution in [1.82, 2.24) is 0 Å². The molecule has 4 heteroatoms. The lowest BCUT2D eigenvalue weighted by molar-refractivity contribution is -0.137. The average Bonchev–Trinajstić information content (AvgIpc) is 2.48. The molecule has 0 spiro atoms. The highest BCUT2D eigenvalue weighted by atomic mass is 16.4. The van der Waals surface area contributed by atoms with Gasteiger partial charge in [0.15, 0.2) is 0 Å². The van der Waals surface area contributed by atoms with Crippen LogP contribution in [-0.2, 0) is 9.59 Å². The van der Waals surface area contributed by atoms with Crippen molar-refractivity contribution in [2.24, 2.45) is 5.92 Å². The van der Waals surface area contributed by atoms with E-state index in [0.717, 1.165) is 77.0 Å². The zero-order valence-electron chi connectivity index (χ0n) is 16.0. The summed E-state index contributed by atoms with van der Waals surface area (Å²) in [7, 11) is 0. The number of Topliss-reactive ketones (excluding diaryl/α,β-unsaturated/α-hetero) is 1. The number of ketones is 1. The average molecular weight is 343 g/mol. The first-order chi connectivity index (χ1) is 11.3. The molecule has 0 aliphatic rings. The number of hydrogen-bond donors (Lipinski definition) is 2. The van der Waals surface area contributed by atoms with Crippen LogP contribution in [0.3, 0.4) is 0 Å². The zero-order chi connectivity index (χ0) is 18.4. The van der Waals surface area contributed by atoms with Gasteiger partial charge in [0.25, 0.3) is 0 Å². The molecule has 2 unspecified atom stereocenters. The lowest BCUT2D eigenvalue weighted by atomic mass is 9.87. The van der Waals surface area contributed by atoms with Crippen LogP contribution in [0.1, 0.15) is 104 Å². The number of hydrogen-bond acceptors (Lipinski definition) is 3. The minimum absolute atomic E-state index is 0.0934. The van der Waals surface area contributed by atoms with Gasteiger partial charge in [0.2, 0.25) is 0 Å². The SMILES string of the molecule is CCCCCC(C)(O)CCCC(CCCCCCC(=O)O)C(C)=O. The van der Waals surface area contributed by atoms with Crippen LogP contribution in [0, 0.1) is 5.92 Å². The molecule has 2 atom stereocenters. The lowest BCUT2D eigenvalue weighted by Gasteiger charge is -2.24. The van der Waals surface area contributed by atoms with Crippen molar-refractivity contribution >= 4 is 11.8 Å². The third-order valence-corrected chi connectivity index (χ3v) is 4.85. The van der Waals surface area contributed by atoms with Crippen LogP contribution < -0.4 is 0 Å². The molecular weight excluding hydrogens is 304 g/mol. The van der Waals surface area contributed by atoms with Gasteiger partial charge >= 0.3 is 5.97 Å². The quantitative estimate of drug-likeness (QED) is 0.382. The Labute approximate surface area is 148 Å². The van der Waals surface area contributed by atoms with Crippen LogP contribution in [0.25, 0.3) is 0 Å². The van der Waals surface area contributed by atoms with Gasteiger partial charge in [-0.05, 0) is 52.4 Å². The maximum Gasteiger partial charge on any atom is 0.303 e. The molecule has 24 heavy (non-hydrogen) atoms. The monoisotopic (exact) mass is 342 g/mol. The molecule has 142 valence electrons. The topological polar surface area (TPSA) is 74.6 Å². The molecule has 0 aliphatic carbocycles. The van der Waals surface area contributed by atoms with E-state index >= 15 is 0 Å². The number of aliphatic hydroxyl groups is 1. The van der Waals surface area contributed by atoms with Gasteiger partial charge in [-0.2, -0.15) is 0 Å². The van der Waals surface area contributed by atoms with Gasteiger partial charge in [-0.3, -0.25) is 9.59 Å². The molecule has 4 nitrogen and oxygen atoms in total. The fourth-order valence-electron chi connectivity index (χ4n) is 3.18. The van der Waals surface area contributed by atoms with E-state index in [2.05, 4.69) is 6.92 Å². The van der Waals surface area contributed by atoms with Crippen LogP contribution in [0.15, 0.2) is 0 Å². The summed E-state index contributed by atoms with van der Waals surface area (Å²) in [6, 6.07) is 0. The largest absolute Gasteiger partial charge is 0.481 e. The van der Waals surface area contributed by atoms with Crippen LogP contribution in [0.5, 0.6) is 0 Å². The van der Waals surface area contributed by atoms with Gasteiger partial charge in [0.1, 0.15) is 5.78 Å². The predicted octanol–water partition coefficient (Wildman–Crippen LogP) is 5.12. The fraction of sp³-hybridized carbons (Fsp3) is 0.900. The molecule has 0 aromatic rings. The van der Waals surface area contributed by atoms with E-state index in [0.29, 0.717) is 0 Å². The van der Waals surface area contributed by atoms with E-state index in [1.807, 2.05) is 6.92 Å². The predicted molar refractivity (Wildman–Crippen MR) is 98.1 cm³/mol. The van der Waals surface area contributed by atoms with E-state index in [9.17, 15) is 14.7 Å². The number of rotatable bonds is 16. The van der Waals surface area contributed by atoms with Crippen LogP contribution in [-0.4, -0.2) is 27.6 Å². The molecule has 0 saturated carbocycles. The Morgan fingerprint density at radius 1 is 0.917 bits per heavy atom. The summed E-state index contributed by atoms with van der Waals surface area (Å²) in [4.78, 5) is 22.2. The Bertz CT molecular complexity index is 350. The second-order valence-corrected chi connectivity index (χ2v) is 7.50. The van der Waals surface area contributed by atoms with Crippen molar-refractivity contribution in [2.75, 3.05) is 0 Å². The summed E-state index contributed by atoms with van der Waals surface area (Å²) >= 11 is 0. The molecule has 0 radical (unpaired) electrons. The summed E-state index contributed by atoms with van der Waals surface area (Å²) in [5, 5.41) is 19.0. The maximum absolute atomic E-state index is 11.8. The normalized spacial score (nSPS) is 15.0. The van der Waals surface area contributed by atoms with Crippen molar-refractivity contribution in [3.05, 3.63) is 0 Å². The number of carbonyl (C=O) groups is 2. The molecule has 0 aromatic carbocycles. The number of unbranched alkanes of at least 4 members (excludes halogenated alkanes) is 5. The first-order valence-corrected chi connectivity index (χ1v) is 9.73. The summed E-state index contributed by atoms with van der Waals surface area (Å²) in [6.07, 6.45) is 11.5. The molecule has 0 aliphatic heterocycles. The Morgan fingerprint density at radius 2 is 1.50 bits per heavy atom. The summed E-state index contributed by atoms with van der Waals surface area (Å²) in [5.41, 5.74) is -0.604. The highest BCUT2D eigenvalue weighted by molar-refractivity contribution is 5.78. The number of carboxylic acid groups (broad SMARTS) is 1. The number of aliphatic carboxylic acids is 1. The molecule has 0 saturated heterocycles. The van der Waals surface area contributed by atoms with Crippen LogP contribution in [0.4, 0.5) is 0 Å². The number of carbonyl (C=O) groups excluding carboxylic acids is 1. The van der Waals surface area contributed by atoms with Gasteiger partial charge in [0, 0.05) is 12.3 Å². The van der Waals surface area contributed by atoms with E-state index < -0.39 is 11.6 Å². The van der Waals surface area contributed by atoms with Crippen molar-refractivity contribution in [1.29, 1.82) is 0 Å². The highest BCUT2D eigenvalue weighted by Gasteiger charge is 2.21. The minimum atomic E-state index is -0.734. The summed E-state index contributed by atoms with van der Waals surface area (Å²) in [6.45, 7) is 5.73. The molecule has 0 rings (SSSR count). The van der Waals surface area contributed by atoms with Gasteiger partial charge < -0.3 is 10.2 Å². The first-order valence-electron chi connectivity index (χ1n) is 9.73. The van der Waals surface area contributed by atoms with E-state index in [-0.39, 0.29) is 18.1 Å². The Kier molecular flexibility index (Phi) is 12.9. The second kappa shape index (κ2) is 13.4. The first kappa shape index (κ1) is 23.1. The summed E-state index contributed by atoms with van der Waals surface area (Å²) in [5.74, 6) is -0.398. The van der Waals surface area contributed by atoms with E-state index in [1.165, 1.54) is 0 Å². The standard InChI is InChI=1S/C20H38O4/c1-4-5-10-15-20(3,24)16-11-13-18(17(2)21)12-8-6-7-9-14-19(22)23/h18,24H,4-16H2,1-3H3,(H,22,23). The van der Waals surface area contributed by atoms with Crippen molar-refractivity contribution in [3.8, 4) is 0 Å². The summed E-state index contributed by atoms with van der Waals surface area (Å²) < 4.78 is 0. The molecule has 0 fully saturated rings. The third kappa shape index (κ3) is 13.5. The molecule has 0 heterocycles. The Balaban J connectivity index is 3.91. The van der Waals surface area contributed by atoms with Crippen molar-refractivity contribution in [2.45, 2.75) is 110 Å². The van der Waals surface area contributed by atoms with Crippen molar-refractivity contribution < 1.29 is 19.8 Å². The molecule has 0 aromatic heterocycles. The lowest BCUT2D eigenvalue weighted by Crippen LogP contribution is -2.24. The van der Waals surface area contributed by atoms with Crippen molar-refractivity contribution in [3.63, 3.8) is 0 Å². The minimum Gasteiger partial charge on any atom is -0.481 e. The Morgan fingerprint density at radius 3 is 2.08 bits per heavy atom. The van der Waals surface area contributed by atoms with Gasteiger partial charge in [0.05, 0.1) is 5.60 Å². The molecule has 2 N–H and O–H groups in total. The third-order valence-electron chi connectivity index (χ3n) is 4.85. The van der Waals surface area contributed by atoms with E-state index in [4.69, 9.17) is 5.11 Å². The van der Waals surface area contributed by atoms with Crippen LogP contribution >= 0.6 is 0 Å². The molecule has 0 amide bonds. The molecular formula is C20H38O4. The van der Waals surface area contributed by atoms with Gasteiger partial charge in [-0.15, -0.1) is 0 Å². The highest BCUT2D eigenvalue weighted by Crippen LogP contribution is 2.25. The van der Waals surface area contributed by atoms with Gasteiger partial charge in [-0.25, -0.2) is 0 Å². The Hall–Kier alpha value is -0.900. The van der Waals surface area contributed by atoms with Crippen LogP contribution in [0.2, 0.25) is 0 Å². The maximum atomic E-state index is 11.8. The second-order valence-electron chi connectivity index (χ2n) is 7.50. The fourth-order valence-corrected chi connectivity index (χ4v) is 3.18. The van der Waals surface area contributed by atoms with Gasteiger partial charge in [-0.1, -0.05) is 45.4 Å². The molecule has 0 bridgehead atoms.